The van der Waals surface area contributed by atoms with E-state index in [-0.39, 0.29) is 29.6 Å². The number of hydrogen-bond donors (Lipinski definition) is 1. The van der Waals surface area contributed by atoms with Crippen LogP contribution in [0.1, 0.15) is 93.1 Å². The Hall–Kier alpha value is -2.91. The molecule has 2 aliphatic heterocycles. The van der Waals surface area contributed by atoms with Crippen molar-refractivity contribution in [2.75, 3.05) is 37.5 Å². The Bertz CT molecular complexity index is 1430. The Morgan fingerprint density at radius 2 is 2.00 bits per heavy atom. The molecule has 5 rings (SSSR count). The first kappa shape index (κ1) is 31.5. The SMILES string of the molecule is CCC(=O)N[S@@]1(=O)=NC(=O)c2ccc3c(c2)N(C[C@H](CC)C[C@@H](OC)CCCCC1)C[C@@]1(CCCc2ccccc21)CO3. The van der Waals surface area contributed by atoms with Gasteiger partial charge in [0, 0.05) is 37.6 Å². The fourth-order valence-corrected chi connectivity index (χ4v) is 8.71. The molecule has 8 nitrogen and oxygen atoms in total. The highest BCUT2D eigenvalue weighted by molar-refractivity contribution is 7.92. The van der Waals surface area contributed by atoms with Gasteiger partial charge in [0.1, 0.15) is 15.7 Å². The molecule has 9 heteroatoms. The fourth-order valence-electron chi connectivity index (χ4n) is 7.00. The van der Waals surface area contributed by atoms with Gasteiger partial charge >= 0.3 is 0 Å². The summed E-state index contributed by atoms with van der Waals surface area (Å²) in [5.41, 5.74) is 3.80. The predicted octanol–water partition coefficient (Wildman–Crippen LogP) is 6.21. The second kappa shape index (κ2) is 13.8. The molecule has 1 spiro atoms. The topological polar surface area (TPSA) is 97.3 Å². The zero-order valence-electron chi connectivity index (χ0n) is 25.9. The molecule has 2 aromatic carbocycles. The summed E-state index contributed by atoms with van der Waals surface area (Å²) < 4.78 is 33.1. The number of methoxy groups -OCH3 is 1. The third-order valence-corrected chi connectivity index (χ3v) is 11.3. The lowest BCUT2D eigenvalue weighted by molar-refractivity contribution is -0.118. The maximum Gasteiger partial charge on any atom is 0.286 e. The second-order valence-electron chi connectivity index (χ2n) is 12.5. The van der Waals surface area contributed by atoms with E-state index >= 15 is 0 Å². The van der Waals surface area contributed by atoms with Crippen molar-refractivity contribution in [3.63, 3.8) is 0 Å². The summed E-state index contributed by atoms with van der Waals surface area (Å²) >= 11 is 0. The van der Waals surface area contributed by atoms with Crippen molar-refractivity contribution in [3.05, 3.63) is 59.2 Å². The molecular formula is C34H47N3O5S. The van der Waals surface area contributed by atoms with Crippen LogP contribution in [0.4, 0.5) is 5.69 Å². The van der Waals surface area contributed by atoms with Gasteiger partial charge in [0.25, 0.3) is 5.91 Å². The second-order valence-corrected chi connectivity index (χ2v) is 14.6. The van der Waals surface area contributed by atoms with Crippen molar-refractivity contribution >= 4 is 27.4 Å². The van der Waals surface area contributed by atoms with Crippen LogP contribution in [0.25, 0.3) is 0 Å². The molecule has 0 radical (unpaired) electrons. The van der Waals surface area contributed by atoms with E-state index in [1.54, 1.807) is 20.1 Å². The van der Waals surface area contributed by atoms with E-state index in [0.29, 0.717) is 24.5 Å². The Balaban J connectivity index is 1.59. The minimum Gasteiger partial charge on any atom is -0.490 e. The summed E-state index contributed by atoms with van der Waals surface area (Å²) in [4.78, 5) is 28.2. The van der Waals surface area contributed by atoms with Crippen LogP contribution in [0.2, 0.25) is 0 Å². The van der Waals surface area contributed by atoms with Gasteiger partial charge < -0.3 is 14.4 Å². The van der Waals surface area contributed by atoms with E-state index < -0.39 is 15.8 Å². The summed E-state index contributed by atoms with van der Waals surface area (Å²) in [5.74, 6) is 0.328. The van der Waals surface area contributed by atoms with Gasteiger partial charge in [0.2, 0.25) is 5.91 Å². The van der Waals surface area contributed by atoms with Gasteiger partial charge in [-0.3, -0.25) is 14.3 Å². The normalized spacial score (nSPS) is 28.3. The predicted molar refractivity (Wildman–Crippen MR) is 171 cm³/mol. The molecule has 0 aromatic heterocycles. The highest BCUT2D eigenvalue weighted by Gasteiger charge is 2.42. The number of benzene rings is 2. The minimum atomic E-state index is -3.26. The number of amides is 2. The van der Waals surface area contributed by atoms with E-state index in [4.69, 9.17) is 9.47 Å². The van der Waals surface area contributed by atoms with Gasteiger partial charge in [-0.05, 0) is 73.8 Å². The lowest BCUT2D eigenvalue weighted by atomic mass is 9.70. The Labute approximate surface area is 257 Å². The number of carbonyl (C=O) groups excluding carboxylic acids is 2. The molecule has 2 aromatic rings. The number of ether oxygens (including phenoxy) is 2. The average molecular weight is 610 g/mol. The van der Waals surface area contributed by atoms with Gasteiger partial charge in [-0.25, -0.2) is 4.21 Å². The monoisotopic (exact) mass is 609 g/mol. The van der Waals surface area contributed by atoms with Crippen molar-refractivity contribution in [3.8, 4) is 5.75 Å². The van der Waals surface area contributed by atoms with Crippen LogP contribution in [-0.4, -0.2) is 54.7 Å². The largest absolute Gasteiger partial charge is 0.490 e. The summed E-state index contributed by atoms with van der Waals surface area (Å²) in [5, 5.41) is 0. The van der Waals surface area contributed by atoms with Crippen LogP contribution in [0, 0.1) is 5.92 Å². The zero-order chi connectivity index (χ0) is 30.5. The van der Waals surface area contributed by atoms with Gasteiger partial charge in [0.15, 0.2) is 0 Å². The van der Waals surface area contributed by atoms with E-state index in [1.807, 2.05) is 12.1 Å². The highest BCUT2D eigenvalue weighted by atomic mass is 32.2. The van der Waals surface area contributed by atoms with Gasteiger partial charge in [0.05, 0.1) is 24.2 Å². The molecule has 0 unspecified atom stereocenters. The van der Waals surface area contributed by atoms with Crippen molar-refractivity contribution < 1.29 is 23.3 Å². The molecule has 0 saturated heterocycles. The number of nitrogens with one attached hydrogen (secondary N) is 1. The third kappa shape index (κ3) is 7.26. The number of rotatable bonds is 4. The molecule has 0 fully saturated rings. The minimum absolute atomic E-state index is 0.131. The number of aryl methyl sites for hydroxylation is 1. The van der Waals surface area contributed by atoms with Gasteiger partial charge in [-0.15, -0.1) is 4.36 Å². The summed E-state index contributed by atoms with van der Waals surface area (Å²) in [6.07, 6.45) is 8.73. The number of hydrogen-bond acceptors (Lipinski definition) is 6. The Morgan fingerprint density at radius 3 is 2.79 bits per heavy atom. The quantitative estimate of drug-likeness (QED) is 0.443. The highest BCUT2D eigenvalue weighted by Crippen LogP contribution is 2.44. The summed E-state index contributed by atoms with van der Waals surface area (Å²) in [6, 6.07) is 14.2. The number of anilines is 1. The number of nitrogens with zero attached hydrogens (tertiary/aromatic N) is 2. The van der Waals surface area contributed by atoms with Crippen LogP contribution >= 0.6 is 0 Å². The maximum atomic E-state index is 13.8. The molecule has 2 heterocycles. The van der Waals surface area contributed by atoms with E-state index in [0.717, 1.165) is 75.9 Å². The number of carbonyl (C=O) groups is 2. The first-order valence-electron chi connectivity index (χ1n) is 16.0. The molecule has 2 bridgehead atoms. The van der Waals surface area contributed by atoms with E-state index in [2.05, 4.69) is 45.2 Å². The van der Waals surface area contributed by atoms with Gasteiger partial charge in [-0.1, -0.05) is 57.4 Å². The molecule has 43 heavy (non-hydrogen) atoms. The summed E-state index contributed by atoms with van der Waals surface area (Å²) in [6.45, 7) is 6.11. The van der Waals surface area contributed by atoms with Crippen molar-refractivity contribution in [2.45, 2.75) is 89.6 Å². The van der Waals surface area contributed by atoms with Crippen LogP contribution < -0.4 is 14.4 Å². The smallest absolute Gasteiger partial charge is 0.286 e. The lowest BCUT2D eigenvalue weighted by Crippen LogP contribution is -2.47. The van der Waals surface area contributed by atoms with Gasteiger partial charge in [-0.2, -0.15) is 0 Å². The Kier molecular flexibility index (Phi) is 10.1. The standard InChI is InChI=1S/C34H47N3O5S/c1-4-25-20-28(41-3)14-7-6-10-19-43(40,35-32(38)5-2)36-33(39)27-16-17-31-30(21-27)37(22-25)23-34(24-42-31)18-11-13-26-12-8-9-15-29(26)34/h8-9,12,15-17,21,25,28H,4-7,10-11,13-14,18-20,22-24H2,1-3H3,(H,35,36,38,39,40)/t25-,28+,34+,43-/m1/s1. The van der Waals surface area contributed by atoms with Crippen LogP contribution in [0.5, 0.6) is 5.75 Å². The first-order valence-corrected chi connectivity index (χ1v) is 17.7. The van der Waals surface area contributed by atoms with Crippen molar-refractivity contribution in [1.29, 1.82) is 0 Å². The molecule has 0 saturated carbocycles. The van der Waals surface area contributed by atoms with Crippen LogP contribution in [0.15, 0.2) is 46.8 Å². The Morgan fingerprint density at radius 1 is 1.16 bits per heavy atom. The van der Waals surface area contributed by atoms with Crippen molar-refractivity contribution in [1.82, 2.24) is 4.72 Å². The molecule has 1 N–H and O–H groups in total. The molecule has 3 aliphatic rings. The van der Waals surface area contributed by atoms with Crippen LogP contribution in [-0.2, 0) is 31.3 Å². The molecule has 234 valence electrons. The molecule has 2 amide bonds. The first-order chi connectivity index (χ1) is 20.8. The maximum absolute atomic E-state index is 13.8. The van der Waals surface area contributed by atoms with E-state index in [9.17, 15) is 13.8 Å². The lowest BCUT2D eigenvalue weighted by Gasteiger charge is -2.41. The zero-order valence-corrected chi connectivity index (χ0v) is 26.8. The van der Waals surface area contributed by atoms with Crippen LogP contribution in [0.3, 0.4) is 0 Å². The fraction of sp³-hybridized carbons (Fsp3) is 0.588. The average Bonchev–Trinajstić information content (AvgIpc) is 3.16. The van der Waals surface area contributed by atoms with E-state index in [1.165, 1.54) is 11.1 Å². The van der Waals surface area contributed by atoms with Crippen molar-refractivity contribution in [2.24, 2.45) is 10.3 Å². The molecule has 1 aliphatic carbocycles. The third-order valence-electron chi connectivity index (χ3n) is 9.49. The summed E-state index contributed by atoms with van der Waals surface area (Å²) in [7, 11) is -1.46. The molecular weight excluding hydrogens is 562 g/mol. The number of fused-ring (bicyclic) bond motifs is 3. The molecule has 4 atom stereocenters.